The van der Waals surface area contributed by atoms with E-state index in [0.717, 1.165) is 26.9 Å². The van der Waals surface area contributed by atoms with Crippen molar-refractivity contribution in [2.45, 2.75) is 0 Å². The van der Waals surface area contributed by atoms with E-state index in [0.29, 0.717) is 5.78 Å². The lowest BCUT2D eigenvalue weighted by molar-refractivity contribution is 1.08. The van der Waals surface area contributed by atoms with Crippen LogP contribution in [0.2, 0.25) is 0 Å². The first-order valence-electron chi connectivity index (χ1n) is 6.82. The van der Waals surface area contributed by atoms with Gasteiger partial charge < -0.3 is 4.90 Å². The molecule has 0 aliphatic carbocycles. The number of aromatic nitrogens is 4. The van der Waals surface area contributed by atoms with Gasteiger partial charge in [0, 0.05) is 22.6 Å². The van der Waals surface area contributed by atoms with Crippen molar-refractivity contribution < 1.29 is 0 Å². The SMILES string of the molecule is CN(c1cccc(Br)c1)c1nc2nncn2c2ccccc12. The van der Waals surface area contributed by atoms with Gasteiger partial charge in [-0.2, -0.15) is 4.98 Å². The predicted molar refractivity (Wildman–Crippen MR) is 90.5 cm³/mol. The van der Waals surface area contributed by atoms with E-state index in [9.17, 15) is 0 Å². The van der Waals surface area contributed by atoms with Gasteiger partial charge in [-0.15, -0.1) is 10.2 Å². The van der Waals surface area contributed by atoms with Crippen molar-refractivity contribution in [3.8, 4) is 0 Å². The van der Waals surface area contributed by atoms with Crippen molar-refractivity contribution in [1.82, 2.24) is 19.6 Å². The van der Waals surface area contributed by atoms with Gasteiger partial charge in [0.2, 0.25) is 0 Å². The Balaban J connectivity index is 2.00. The Kier molecular flexibility index (Phi) is 3.04. The number of benzene rings is 2. The maximum atomic E-state index is 4.67. The summed E-state index contributed by atoms with van der Waals surface area (Å²) in [5, 5.41) is 9.11. The van der Waals surface area contributed by atoms with E-state index in [1.54, 1.807) is 6.33 Å². The first-order valence-corrected chi connectivity index (χ1v) is 7.61. The van der Waals surface area contributed by atoms with Gasteiger partial charge in [-0.25, -0.2) is 0 Å². The molecule has 0 spiro atoms. The summed E-state index contributed by atoms with van der Waals surface area (Å²) < 4.78 is 2.93. The van der Waals surface area contributed by atoms with Crippen molar-refractivity contribution in [3.05, 3.63) is 59.3 Å². The monoisotopic (exact) mass is 353 g/mol. The molecule has 0 aliphatic heterocycles. The van der Waals surface area contributed by atoms with Crippen LogP contribution in [-0.4, -0.2) is 26.6 Å². The van der Waals surface area contributed by atoms with Crippen LogP contribution < -0.4 is 4.90 Å². The number of hydrogen-bond acceptors (Lipinski definition) is 4. The molecule has 0 aliphatic rings. The molecule has 4 rings (SSSR count). The average Bonchev–Trinajstić information content (AvgIpc) is 3.02. The van der Waals surface area contributed by atoms with Crippen LogP contribution in [0.5, 0.6) is 0 Å². The molecule has 0 N–H and O–H groups in total. The molecule has 4 aromatic rings. The Morgan fingerprint density at radius 1 is 1.09 bits per heavy atom. The van der Waals surface area contributed by atoms with Gasteiger partial charge in [-0.05, 0) is 30.3 Å². The van der Waals surface area contributed by atoms with Crippen molar-refractivity contribution in [2.24, 2.45) is 0 Å². The fourth-order valence-electron chi connectivity index (χ4n) is 2.57. The van der Waals surface area contributed by atoms with E-state index in [1.165, 1.54) is 0 Å². The molecule has 0 saturated carbocycles. The van der Waals surface area contributed by atoms with Crippen molar-refractivity contribution in [3.63, 3.8) is 0 Å². The maximum absolute atomic E-state index is 4.67. The first kappa shape index (κ1) is 13.2. The van der Waals surface area contributed by atoms with E-state index < -0.39 is 0 Å². The van der Waals surface area contributed by atoms with E-state index >= 15 is 0 Å². The molecule has 2 aromatic carbocycles. The molecule has 108 valence electrons. The number of fused-ring (bicyclic) bond motifs is 3. The van der Waals surface area contributed by atoms with E-state index in [2.05, 4.69) is 54.2 Å². The molecule has 0 saturated heterocycles. The summed E-state index contributed by atoms with van der Waals surface area (Å²) >= 11 is 3.51. The molecular formula is C16H12BrN5. The minimum absolute atomic E-state index is 0.593. The smallest absolute Gasteiger partial charge is 0.257 e. The Bertz CT molecular complexity index is 979. The standard InChI is InChI=1S/C16H12BrN5/c1-21(12-6-4-5-11(17)9-12)15-13-7-2-3-8-14(13)22-10-18-20-16(22)19-15/h2-10H,1H3. The lowest BCUT2D eigenvalue weighted by Crippen LogP contribution is -2.12. The molecule has 22 heavy (non-hydrogen) atoms. The minimum atomic E-state index is 0.593. The average molecular weight is 354 g/mol. The van der Waals surface area contributed by atoms with E-state index in [-0.39, 0.29) is 0 Å². The van der Waals surface area contributed by atoms with Crippen LogP contribution in [0.3, 0.4) is 0 Å². The van der Waals surface area contributed by atoms with Crippen LogP contribution in [0.1, 0.15) is 0 Å². The molecule has 0 atom stereocenters. The number of nitrogens with zero attached hydrogens (tertiary/aromatic N) is 5. The molecule has 0 radical (unpaired) electrons. The van der Waals surface area contributed by atoms with Gasteiger partial charge in [0.1, 0.15) is 12.1 Å². The molecule has 0 fully saturated rings. The quantitative estimate of drug-likeness (QED) is 0.549. The highest BCUT2D eigenvalue weighted by molar-refractivity contribution is 9.10. The molecule has 5 nitrogen and oxygen atoms in total. The van der Waals surface area contributed by atoms with Gasteiger partial charge in [-0.1, -0.05) is 34.1 Å². The van der Waals surface area contributed by atoms with Gasteiger partial charge in [0.15, 0.2) is 0 Å². The number of anilines is 2. The van der Waals surface area contributed by atoms with E-state index in [1.807, 2.05) is 41.8 Å². The third-order valence-corrected chi connectivity index (χ3v) is 4.15. The Hall–Kier alpha value is -2.47. The highest BCUT2D eigenvalue weighted by Gasteiger charge is 2.14. The highest BCUT2D eigenvalue weighted by atomic mass is 79.9. The van der Waals surface area contributed by atoms with Crippen LogP contribution in [0.4, 0.5) is 11.5 Å². The van der Waals surface area contributed by atoms with Crippen molar-refractivity contribution >= 4 is 44.1 Å². The third-order valence-electron chi connectivity index (χ3n) is 3.65. The molecule has 0 bridgehead atoms. The first-order chi connectivity index (χ1) is 10.7. The number of para-hydroxylation sites is 1. The summed E-state index contributed by atoms with van der Waals surface area (Å²) in [7, 11) is 2.00. The molecular weight excluding hydrogens is 342 g/mol. The maximum Gasteiger partial charge on any atom is 0.257 e. The Labute approximate surface area is 135 Å². The normalized spacial score (nSPS) is 11.2. The second-order valence-corrected chi connectivity index (χ2v) is 5.91. The fraction of sp³-hybridized carbons (Fsp3) is 0.0625. The fourth-order valence-corrected chi connectivity index (χ4v) is 2.95. The van der Waals surface area contributed by atoms with Gasteiger partial charge in [-0.3, -0.25) is 4.40 Å². The van der Waals surface area contributed by atoms with Gasteiger partial charge in [0.05, 0.1) is 5.52 Å². The van der Waals surface area contributed by atoms with Gasteiger partial charge >= 0.3 is 0 Å². The largest absolute Gasteiger partial charge is 0.329 e. The molecule has 2 aromatic heterocycles. The van der Waals surface area contributed by atoms with Crippen molar-refractivity contribution in [1.29, 1.82) is 0 Å². The van der Waals surface area contributed by atoms with Crippen LogP contribution in [0.15, 0.2) is 59.3 Å². The summed E-state index contributed by atoms with van der Waals surface area (Å²) in [5.74, 6) is 1.45. The zero-order valence-corrected chi connectivity index (χ0v) is 13.4. The third kappa shape index (κ3) is 2.03. The topological polar surface area (TPSA) is 46.3 Å². The van der Waals surface area contributed by atoms with Crippen molar-refractivity contribution in [2.75, 3.05) is 11.9 Å². The number of rotatable bonds is 2. The molecule has 2 heterocycles. The molecule has 0 unspecified atom stereocenters. The highest BCUT2D eigenvalue weighted by Crippen LogP contribution is 2.30. The van der Waals surface area contributed by atoms with Crippen LogP contribution in [0.25, 0.3) is 16.7 Å². The predicted octanol–water partition coefficient (Wildman–Crippen LogP) is 3.81. The van der Waals surface area contributed by atoms with Crippen LogP contribution in [0, 0.1) is 0 Å². The van der Waals surface area contributed by atoms with E-state index in [4.69, 9.17) is 0 Å². The second kappa shape index (κ2) is 5.06. The zero-order chi connectivity index (χ0) is 15.1. The van der Waals surface area contributed by atoms with Gasteiger partial charge in [0.25, 0.3) is 5.78 Å². The number of hydrogen-bond donors (Lipinski definition) is 0. The molecule has 6 heteroatoms. The Morgan fingerprint density at radius 2 is 1.95 bits per heavy atom. The molecule has 0 amide bonds. The lowest BCUT2D eigenvalue weighted by Gasteiger charge is -2.20. The Morgan fingerprint density at radius 3 is 2.82 bits per heavy atom. The summed E-state index contributed by atoms with van der Waals surface area (Å²) in [6.07, 6.45) is 1.69. The zero-order valence-electron chi connectivity index (χ0n) is 11.8. The summed E-state index contributed by atoms with van der Waals surface area (Å²) in [5.41, 5.74) is 2.09. The van der Waals surface area contributed by atoms with Crippen LogP contribution >= 0.6 is 15.9 Å². The minimum Gasteiger partial charge on any atom is -0.329 e. The van der Waals surface area contributed by atoms with Crippen LogP contribution in [-0.2, 0) is 0 Å². The summed E-state index contributed by atoms with van der Waals surface area (Å²) in [6.45, 7) is 0. The second-order valence-electron chi connectivity index (χ2n) is 4.99. The summed E-state index contributed by atoms with van der Waals surface area (Å²) in [4.78, 5) is 6.73. The lowest BCUT2D eigenvalue weighted by atomic mass is 10.2. The number of halogens is 1. The summed E-state index contributed by atoms with van der Waals surface area (Å²) in [6, 6.07) is 16.2.